The van der Waals surface area contributed by atoms with Gasteiger partial charge in [0.2, 0.25) is 0 Å². The lowest BCUT2D eigenvalue weighted by molar-refractivity contribution is 0.0905. The lowest BCUT2D eigenvalue weighted by Gasteiger charge is -2.29. The lowest BCUT2D eigenvalue weighted by Crippen LogP contribution is -2.41. The summed E-state index contributed by atoms with van der Waals surface area (Å²) >= 11 is 0. The van der Waals surface area contributed by atoms with Crippen LogP contribution in [-0.4, -0.2) is 16.9 Å². The van der Waals surface area contributed by atoms with Crippen LogP contribution in [0.2, 0.25) is 0 Å². The molecule has 17 heavy (non-hydrogen) atoms. The summed E-state index contributed by atoms with van der Waals surface area (Å²) in [4.78, 5) is 16.3. The zero-order chi connectivity index (χ0) is 12.3. The second kappa shape index (κ2) is 5.30. The first-order valence-electron chi connectivity index (χ1n) is 6.41. The van der Waals surface area contributed by atoms with Crippen molar-refractivity contribution in [2.24, 2.45) is 5.92 Å². The number of aryl methyl sites for hydroxylation is 1. The minimum Gasteiger partial charge on any atom is -0.348 e. The summed E-state index contributed by atoms with van der Waals surface area (Å²) in [6.07, 6.45) is 4.82. The van der Waals surface area contributed by atoms with Crippen LogP contribution in [0.1, 0.15) is 48.8 Å². The van der Waals surface area contributed by atoms with Crippen LogP contribution in [0.15, 0.2) is 18.2 Å². The minimum absolute atomic E-state index is 0.0348. The van der Waals surface area contributed by atoms with Crippen LogP contribution in [-0.2, 0) is 0 Å². The molecule has 2 atom stereocenters. The Hall–Kier alpha value is -1.38. The average molecular weight is 232 g/mol. The van der Waals surface area contributed by atoms with Gasteiger partial charge in [0.1, 0.15) is 5.69 Å². The van der Waals surface area contributed by atoms with Gasteiger partial charge in [0, 0.05) is 11.7 Å². The maximum atomic E-state index is 12.0. The SMILES string of the molecule is Cc1cccc(C(=O)N[C@@H]2CCCC[C@@H]2C)n1. The molecule has 0 aliphatic heterocycles. The summed E-state index contributed by atoms with van der Waals surface area (Å²) < 4.78 is 0. The first-order chi connectivity index (χ1) is 8.16. The van der Waals surface area contributed by atoms with Crippen molar-refractivity contribution in [3.05, 3.63) is 29.6 Å². The van der Waals surface area contributed by atoms with E-state index in [9.17, 15) is 4.79 Å². The molecule has 0 aromatic carbocycles. The first kappa shape index (κ1) is 12.1. The van der Waals surface area contributed by atoms with Crippen molar-refractivity contribution in [1.29, 1.82) is 0 Å². The van der Waals surface area contributed by atoms with Gasteiger partial charge >= 0.3 is 0 Å². The third-order valence-corrected chi connectivity index (χ3v) is 3.55. The van der Waals surface area contributed by atoms with E-state index in [4.69, 9.17) is 0 Å². The third kappa shape index (κ3) is 3.05. The van der Waals surface area contributed by atoms with E-state index in [-0.39, 0.29) is 5.91 Å². The predicted molar refractivity (Wildman–Crippen MR) is 67.9 cm³/mol. The molecular weight excluding hydrogens is 212 g/mol. The van der Waals surface area contributed by atoms with E-state index in [1.807, 2.05) is 19.1 Å². The zero-order valence-corrected chi connectivity index (χ0v) is 10.6. The molecule has 92 valence electrons. The molecule has 3 heteroatoms. The molecule has 0 unspecified atom stereocenters. The van der Waals surface area contributed by atoms with Gasteiger partial charge in [-0.05, 0) is 37.8 Å². The zero-order valence-electron chi connectivity index (χ0n) is 10.6. The Labute approximate surface area is 103 Å². The van der Waals surface area contributed by atoms with Crippen LogP contribution in [0.5, 0.6) is 0 Å². The number of nitrogens with one attached hydrogen (secondary N) is 1. The molecule has 0 bridgehead atoms. The Morgan fingerprint density at radius 3 is 2.82 bits per heavy atom. The number of aromatic nitrogens is 1. The van der Waals surface area contributed by atoms with Gasteiger partial charge in [-0.15, -0.1) is 0 Å². The third-order valence-electron chi connectivity index (χ3n) is 3.55. The van der Waals surface area contributed by atoms with Crippen LogP contribution in [0.4, 0.5) is 0 Å². The summed E-state index contributed by atoms with van der Waals surface area (Å²) in [5.74, 6) is 0.546. The van der Waals surface area contributed by atoms with Gasteiger partial charge in [0.05, 0.1) is 0 Å². The van der Waals surface area contributed by atoms with E-state index >= 15 is 0 Å². The first-order valence-corrected chi connectivity index (χ1v) is 6.41. The van der Waals surface area contributed by atoms with Gasteiger partial charge in [0.25, 0.3) is 5.91 Å². The Kier molecular flexibility index (Phi) is 3.77. The molecule has 0 radical (unpaired) electrons. The fourth-order valence-corrected chi connectivity index (χ4v) is 2.44. The van der Waals surface area contributed by atoms with Crippen LogP contribution >= 0.6 is 0 Å². The van der Waals surface area contributed by atoms with Crippen molar-refractivity contribution in [1.82, 2.24) is 10.3 Å². The van der Waals surface area contributed by atoms with Gasteiger partial charge in [-0.1, -0.05) is 25.8 Å². The number of pyridine rings is 1. The fraction of sp³-hybridized carbons (Fsp3) is 0.571. The number of amides is 1. The molecule has 0 saturated heterocycles. The van der Waals surface area contributed by atoms with Crippen LogP contribution in [0.3, 0.4) is 0 Å². The lowest BCUT2D eigenvalue weighted by atomic mass is 9.86. The van der Waals surface area contributed by atoms with E-state index in [0.717, 1.165) is 12.1 Å². The van der Waals surface area contributed by atoms with Crippen molar-refractivity contribution in [2.75, 3.05) is 0 Å². The monoisotopic (exact) mass is 232 g/mol. The largest absolute Gasteiger partial charge is 0.348 e. The highest BCUT2D eigenvalue weighted by Crippen LogP contribution is 2.23. The van der Waals surface area contributed by atoms with Crippen molar-refractivity contribution in [2.45, 2.75) is 45.6 Å². The van der Waals surface area contributed by atoms with Crippen molar-refractivity contribution in [3.8, 4) is 0 Å². The number of rotatable bonds is 2. The van der Waals surface area contributed by atoms with Gasteiger partial charge in [-0.25, -0.2) is 4.98 Å². The molecule has 1 heterocycles. The molecule has 1 aromatic heterocycles. The van der Waals surface area contributed by atoms with E-state index in [1.54, 1.807) is 6.07 Å². The average Bonchev–Trinajstić information content (AvgIpc) is 2.32. The standard InChI is InChI=1S/C14H20N2O/c1-10-6-3-4-8-12(10)16-14(17)13-9-5-7-11(2)15-13/h5,7,9-10,12H,3-4,6,8H2,1-2H3,(H,16,17)/t10-,12+/m0/s1. The number of nitrogens with zero attached hydrogens (tertiary/aromatic N) is 1. The van der Waals surface area contributed by atoms with E-state index in [2.05, 4.69) is 17.2 Å². The topological polar surface area (TPSA) is 42.0 Å². The molecule has 1 amide bonds. The molecule has 0 spiro atoms. The summed E-state index contributed by atoms with van der Waals surface area (Å²) in [7, 11) is 0. The van der Waals surface area contributed by atoms with E-state index in [1.165, 1.54) is 19.3 Å². The van der Waals surface area contributed by atoms with Gasteiger partial charge in [0.15, 0.2) is 0 Å². The molecule has 1 fully saturated rings. The number of carbonyl (C=O) groups excluding carboxylic acids is 1. The maximum Gasteiger partial charge on any atom is 0.270 e. The molecule has 1 N–H and O–H groups in total. The highest BCUT2D eigenvalue weighted by Gasteiger charge is 2.23. The Bertz CT molecular complexity index is 403. The Morgan fingerprint density at radius 2 is 2.12 bits per heavy atom. The smallest absolute Gasteiger partial charge is 0.270 e. The number of hydrogen-bond acceptors (Lipinski definition) is 2. The van der Waals surface area contributed by atoms with Gasteiger partial charge < -0.3 is 5.32 Å². The van der Waals surface area contributed by atoms with Crippen LogP contribution in [0.25, 0.3) is 0 Å². The quantitative estimate of drug-likeness (QED) is 0.851. The molecule has 3 nitrogen and oxygen atoms in total. The van der Waals surface area contributed by atoms with E-state index < -0.39 is 0 Å². The summed E-state index contributed by atoms with van der Waals surface area (Å²) in [6.45, 7) is 4.12. The second-order valence-corrected chi connectivity index (χ2v) is 5.01. The van der Waals surface area contributed by atoms with Crippen molar-refractivity contribution < 1.29 is 4.79 Å². The Balaban J connectivity index is 2.01. The van der Waals surface area contributed by atoms with E-state index in [0.29, 0.717) is 17.7 Å². The summed E-state index contributed by atoms with van der Waals surface area (Å²) in [5, 5.41) is 3.11. The summed E-state index contributed by atoms with van der Waals surface area (Å²) in [6, 6.07) is 5.87. The molecular formula is C14H20N2O. The molecule has 2 rings (SSSR count). The minimum atomic E-state index is -0.0348. The Morgan fingerprint density at radius 1 is 1.35 bits per heavy atom. The molecule has 1 aromatic rings. The fourth-order valence-electron chi connectivity index (χ4n) is 2.44. The van der Waals surface area contributed by atoms with Gasteiger partial charge in [-0.2, -0.15) is 0 Å². The van der Waals surface area contributed by atoms with Gasteiger partial charge in [-0.3, -0.25) is 4.79 Å². The maximum absolute atomic E-state index is 12.0. The normalized spacial score (nSPS) is 24.4. The predicted octanol–water partition coefficient (Wildman–Crippen LogP) is 2.70. The number of hydrogen-bond donors (Lipinski definition) is 1. The van der Waals surface area contributed by atoms with Crippen LogP contribution < -0.4 is 5.32 Å². The van der Waals surface area contributed by atoms with Crippen LogP contribution in [0, 0.1) is 12.8 Å². The highest BCUT2D eigenvalue weighted by atomic mass is 16.1. The second-order valence-electron chi connectivity index (χ2n) is 5.01. The van der Waals surface area contributed by atoms with Crippen molar-refractivity contribution in [3.63, 3.8) is 0 Å². The molecule has 1 aliphatic carbocycles. The summed E-state index contributed by atoms with van der Waals surface area (Å²) in [5.41, 5.74) is 1.41. The van der Waals surface area contributed by atoms with Crippen molar-refractivity contribution >= 4 is 5.91 Å². The highest BCUT2D eigenvalue weighted by molar-refractivity contribution is 5.92. The molecule has 1 aliphatic rings. The number of carbonyl (C=O) groups is 1. The molecule has 1 saturated carbocycles.